The van der Waals surface area contributed by atoms with Gasteiger partial charge in [0.1, 0.15) is 18.0 Å². The molecule has 0 radical (unpaired) electrons. The van der Waals surface area contributed by atoms with Crippen molar-refractivity contribution in [2.45, 2.75) is 56.9 Å². The van der Waals surface area contributed by atoms with Crippen molar-refractivity contribution < 1.29 is 24.5 Å². The molecule has 2 aromatic carbocycles. The minimum absolute atomic E-state index is 0.0531. The number of aliphatic hydroxyl groups is 2. The second-order valence-corrected chi connectivity index (χ2v) is 11.6. The molecule has 204 valence electrons. The Morgan fingerprint density at radius 2 is 1.84 bits per heavy atom. The summed E-state index contributed by atoms with van der Waals surface area (Å²) in [5, 5.41) is 24.3. The van der Waals surface area contributed by atoms with E-state index in [1.807, 2.05) is 24.3 Å². The molecule has 7 nitrogen and oxygen atoms in total. The average molecular weight is 673 g/mol. The molecule has 0 heterocycles. The SMILES string of the molecule is O=C(NCCO)C1=C[C@H](Oc2ccccc2I)[C@@H](O)[C@H](N(Cc2ccc(Cl)c(Cl)c2)C(=O)C2CCCC2)C1. The lowest BCUT2D eigenvalue weighted by Gasteiger charge is -2.41. The Kier molecular flexibility index (Phi) is 10.3. The van der Waals surface area contributed by atoms with Crippen molar-refractivity contribution in [1.29, 1.82) is 0 Å². The van der Waals surface area contributed by atoms with Crippen LogP contribution in [0.25, 0.3) is 0 Å². The number of benzene rings is 2. The molecule has 3 N–H and O–H groups in total. The number of halogens is 3. The molecule has 0 saturated heterocycles. The van der Waals surface area contributed by atoms with Crippen molar-refractivity contribution in [2.24, 2.45) is 5.92 Å². The summed E-state index contributed by atoms with van der Waals surface area (Å²) in [5.74, 6) is 0.0112. The second-order valence-electron chi connectivity index (χ2n) is 9.64. The highest BCUT2D eigenvalue weighted by Gasteiger charge is 2.42. The van der Waals surface area contributed by atoms with E-state index >= 15 is 0 Å². The summed E-state index contributed by atoms with van der Waals surface area (Å²) in [7, 11) is 0. The van der Waals surface area contributed by atoms with Crippen LogP contribution in [0.3, 0.4) is 0 Å². The van der Waals surface area contributed by atoms with Gasteiger partial charge in [-0.1, -0.05) is 54.2 Å². The monoisotopic (exact) mass is 672 g/mol. The van der Waals surface area contributed by atoms with Gasteiger partial charge in [0.05, 0.1) is 26.3 Å². The first-order valence-corrected chi connectivity index (χ1v) is 14.6. The van der Waals surface area contributed by atoms with E-state index in [1.165, 1.54) is 0 Å². The summed E-state index contributed by atoms with van der Waals surface area (Å²) >= 11 is 14.5. The summed E-state index contributed by atoms with van der Waals surface area (Å²) in [4.78, 5) is 28.6. The van der Waals surface area contributed by atoms with Crippen LogP contribution in [0, 0.1) is 9.49 Å². The van der Waals surface area contributed by atoms with Crippen LogP contribution in [-0.4, -0.2) is 58.3 Å². The van der Waals surface area contributed by atoms with E-state index in [9.17, 15) is 19.8 Å². The number of nitrogens with one attached hydrogen (secondary N) is 1. The predicted molar refractivity (Wildman–Crippen MR) is 155 cm³/mol. The molecule has 0 spiro atoms. The van der Waals surface area contributed by atoms with Crippen LogP contribution < -0.4 is 10.1 Å². The zero-order valence-corrected chi connectivity index (χ0v) is 24.5. The van der Waals surface area contributed by atoms with Gasteiger partial charge in [0.25, 0.3) is 0 Å². The van der Waals surface area contributed by atoms with Crippen LogP contribution in [0.2, 0.25) is 10.0 Å². The van der Waals surface area contributed by atoms with E-state index in [4.69, 9.17) is 27.9 Å². The molecule has 4 rings (SSSR count). The molecule has 1 fully saturated rings. The number of carbonyl (C=O) groups excluding carboxylic acids is 2. The number of hydrogen-bond acceptors (Lipinski definition) is 5. The van der Waals surface area contributed by atoms with Crippen molar-refractivity contribution in [3.8, 4) is 5.75 Å². The third-order valence-corrected chi connectivity index (χ3v) is 8.67. The van der Waals surface area contributed by atoms with Gasteiger partial charge >= 0.3 is 0 Å². The van der Waals surface area contributed by atoms with E-state index in [2.05, 4.69) is 27.9 Å². The largest absolute Gasteiger partial charge is 0.482 e. The molecule has 0 aliphatic heterocycles. The number of rotatable bonds is 9. The highest BCUT2D eigenvalue weighted by atomic mass is 127. The Balaban J connectivity index is 1.70. The molecule has 10 heteroatoms. The third kappa shape index (κ3) is 7.01. The fraction of sp³-hybridized carbons (Fsp3) is 0.429. The average Bonchev–Trinajstić information content (AvgIpc) is 3.45. The Morgan fingerprint density at radius 3 is 2.53 bits per heavy atom. The number of carbonyl (C=O) groups is 2. The number of ether oxygens (including phenoxy) is 1. The van der Waals surface area contributed by atoms with Crippen molar-refractivity contribution in [2.75, 3.05) is 13.2 Å². The van der Waals surface area contributed by atoms with E-state index in [1.54, 1.807) is 29.2 Å². The summed E-state index contributed by atoms with van der Waals surface area (Å²) in [6, 6.07) is 11.9. The summed E-state index contributed by atoms with van der Waals surface area (Å²) < 4.78 is 7.07. The maximum atomic E-state index is 13.9. The quantitative estimate of drug-likeness (QED) is 0.335. The van der Waals surface area contributed by atoms with Gasteiger partial charge in [-0.25, -0.2) is 0 Å². The van der Waals surface area contributed by atoms with Gasteiger partial charge in [0.15, 0.2) is 0 Å². The number of aliphatic hydroxyl groups excluding tert-OH is 2. The zero-order valence-electron chi connectivity index (χ0n) is 20.8. The minimum Gasteiger partial charge on any atom is -0.482 e. The Labute approximate surface area is 246 Å². The summed E-state index contributed by atoms with van der Waals surface area (Å²) in [5.41, 5.74) is 1.16. The number of nitrogens with zero attached hydrogens (tertiary/aromatic N) is 1. The molecule has 3 atom stereocenters. The van der Waals surface area contributed by atoms with Crippen LogP contribution in [0.1, 0.15) is 37.7 Å². The highest BCUT2D eigenvalue weighted by molar-refractivity contribution is 14.1. The van der Waals surface area contributed by atoms with E-state index < -0.39 is 18.2 Å². The van der Waals surface area contributed by atoms with Crippen molar-refractivity contribution in [3.63, 3.8) is 0 Å². The van der Waals surface area contributed by atoms with Gasteiger partial charge in [-0.05, 0) is 71.3 Å². The Morgan fingerprint density at radius 1 is 1.11 bits per heavy atom. The van der Waals surface area contributed by atoms with Crippen molar-refractivity contribution in [1.82, 2.24) is 10.2 Å². The third-order valence-electron chi connectivity index (χ3n) is 7.04. The highest BCUT2D eigenvalue weighted by Crippen LogP contribution is 2.34. The predicted octanol–water partition coefficient (Wildman–Crippen LogP) is 4.73. The first-order chi connectivity index (χ1) is 18.3. The Bertz CT molecular complexity index is 1190. The van der Waals surface area contributed by atoms with Gasteiger partial charge < -0.3 is 25.2 Å². The van der Waals surface area contributed by atoms with Gasteiger partial charge in [-0.2, -0.15) is 0 Å². The maximum absolute atomic E-state index is 13.9. The molecule has 2 aromatic rings. The van der Waals surface area contributed by atoms with E-state index in [-0.39, 0.29) is 43.8 Å². The van der Waals surface area contributed by atoms with Crippen molar-refractivity contribution >= 4 is 57.6 Å². The molecule has 2 aliphatic rings. The van der Waals surface area contributed by atoms with Crippen LogP contribution >= 0.6 is 45.8 Å². The Hall–Kier alpha value is -1.85. The second kappa shape index (κ2) is 13.5. The first-order valence-electron chi connectivity index (χ1n) is 12.7. The van der Waals surface area contributed by atoms with Gasteiger partial charge in [0, 0.05) is 31.0 Å². The first kappa shape index (κ1) is 29.1. The summed E-state index contributed by atoms with van der Waals surface area (Å²) in [6.45, 7) is 0.103. The lowest BCUT2D eigenvalue weighted by molar-refractivity contribution is -0.143. The topological polar surface area (TPSA) is 99.1 Å². The molecule has 38 heavy (non-hydrogen) atoms. The number of hydrogen-bond donors (Lipinski definition) is 3. The fourth-order valence-electron chi connectivity index (χ4n) is 5.07. The molecule has 0 aromatic heterocycles. The van der Waals surface area contributed by atoms with E-state index in [0.717, 1.165) is 34.8 Å². The van der Waals surface area contributed by atoms with Crippen LogP contribution in [-0.2, 0) is 16.1 Å². The molecule has 2 aliphatic carbocycles. The fourth-order valence-corrected chi connectivity index (χ4v) is 5.90. The molecular weight excluding hydrogens is 642 g/mol. The molecule has 0 unspecified atom stereocenters. The van der Waals surface area contributed by atoms with Crippen LogP contribution in [0.5, 0.6) is 5.75 Å². The van der Waals surface area contributed by atoms with Crippen molar-refractivity contribution in [3.05, 3.63) is 73.3 Å². The van der Waals surface area contributed by atoms with Gasteiger partial charge in [0.2, 0.25) is 11.8 Å². The van der Waals surface area contributed by atoms with E-state index in [0.29, 0.717) is 21.4 Å². The molecule has 0 bridgehead atoms. The lowest BCUT2D eigenvalue weighted by atomic mass is 9.87. The minimum atomic E-state index is -1.09. The smallest absolute Gasteiger partial charge is 0.247 e. The van der Waals surface area contributed by atoms with Gasteiger partial charge in [-0.15, -0.1) is 0 Å². The van der Waals surface area contributed by atoms with Crippen LogP contribution in [0.15, 0.2) is 54.1 Å². The standard InChI is InChI=1S/C28H31Cl2IN2O5/c29-20-10-9-17(13-21(20)30)16-33(28(37)18-5-1-2-6-18)23-14-19(27(36)32-11-12-34)15-25(26(23)35)38-24-8-4-3-7-22(24)31/h3-4,7-10,13,15,18,23,25-26,34-35H,1-2,5-6,11-12,14,16H2,(H,32,36)/t23-,25+,26+/m1/s1. The molecular formula is C28H31Cl2IN2O5. The number of amides is 2. The van der Waals surface area contributed by atoms with Crippen LogP contribution in [0.4, 0.5) is 0 Å². The van der Waals surface area contributed by atoms with Gasteiger partial charge in [-0.3, -0.25) is 9.59 Å². The maximum Gasteiger partial charge on any atom is 0.247 e. The summed E-state index contributed by atoms with van der Waals surface area (Å²) in [6.07, 6.45) is 3.36. The molecule has 2 amide bonds. The molecule has 1 saturated carbocycles. The zero-order chi connectivity index (χ0) is 27.2. The number of para-hydroxylation sites is 1. The normalized spacial score (nSPS) is 21.6. The lowest BCUT2D eigenvalue weighted by Crippen LogP contribution is -2.55.